The molecule has 0 radical (unpaired) electrons. The maximum atomic E-state index is 13.2. The van der Waals surface area contributed by atoms with E-state index in [2.05, 4.69) is 15.1 Å². The molecule has 29 heavy (non-hydrogen) atoms. The van der Waals surface area contributed by atoms with Gasteiger partial charge in [-0.3, -0.25) is 14.5 Å². The number of carbonyl (C=O) groups is 1. The second-order valence-corrected chi connectivity index (χ2v) is 7.53. The summed E-state index contributed by atoms with van der Waals surface area (Å²) >= 11 is 0. The van der Waals surface area contributed by atoms with E-state index in [0.717, 1.165) is 54.3 Å². The molecule has 1 amide bonds. The number of pyridine rings is 1. The van der Waals surface area contributed by atoms with E-state index in [9.17, 15) is 4.79 Å². The van der Waals surface area contributed by atoms with Crippen molar-refractivity contribution in [2.45, 2.75) is 46.1 Å². The van der Waals surface area contributed by atoms with Crippen molar-refractivity contribution in [2.75, 3.05) is 13.1 Å². The summed E-state index contributed by atoms with van der Waals surface area (Å²) in [5.41, 5.74) is 4.57. The lowest BCUT2D eigenvalue weighted by Crippen LogP contribution is -2.39. The van der Waals surface area contributed by atoms with Crippen LogP contribution in [-0.4, -0.2) is 48.6 Å². The zero-order valence-corrected chi connectivity index (χ0v) is 17.2. The highest BCUT2D eigenvalue weighted by molar-refractivity contribution is 5.95. The molecule has 3 aromatic heterocycles. The number of aryl methyl sites for hydroxylation is 3. The lowest BCUT2D eigenvalue weighted by atomic mass is 9.90. The van der Waals surface area contributed by atoms with Gasteiger partial charge < -0.3 is 4.90 Å². The fraction of sp³-hybridized carbons (Fsp3) is 0.409. The summed E-state index contributed by atoms with van der Waals surface area (Å²) in [6, 6.07) is 3.96. The Bertz CT molecular complexity index is 1010. The van der Waals surface area contributed by atoms with Crippen LogP contribution in [-0.2, 0) is 6.54 Å². The molecule has 0 spiro atoms. The van der Waals surface area contributed by atoms with Crippen LogP contribution < -0.4 is 0 Å². The highest BCUT2D eigenvalue weighted by Gasteiger charge is 2.29. The summed E-state index contributed by atoms with van der Waals surface area (Å²) < 4.78 is 1.82. The van der Waals surface area contributed by atoms with Crippen LogP contribution in [0.25, 0.3) is 11.1 Å². The Balaban J connectivity index is 1.63. The Kier molecular flexibility index (Phi) is 5.38. The Morgan fingerprint density at radius 1 is 1.24 bits per heavy atom. The normalized spacial score (nSPS) is 16.8. The molecule has 0 bridgehead atoms. The molecular formula is C22H26N6O. The standard InChI is InChI=1S/C22H26N6O/c1-4-28-14-20(15(2)26-28)22(29)27-11-5-6-18(13-27)21-19(12-24-16(3)25-21)17-7-9-23-10-8-17/h7-10,12,14,18H,4-6,11,13H2,1-3H3. The number of amides is 1. The molecule has 1 aliphatic rings. The SMILES string of the molecule is CCn1cc(C(=O)N2CCCC(c3nc(C)ncc3-c3ccncc3)C2)c(C)n1. The number of carbonyl (C=O) groups excluding carboxylic acids is 1. The van der Waals surface area contributed by atoms with Crippen molar-refractivity contribution >= 4 is 5.91 Å². The number of rotatable bonds is 4. The minimum absolute atomic E-state index is 0.0585. The van der Waals surface area contributed by atoms with E-state index in [-0.39, 0.29) is 11.8 Å². The van der Waals surface area contributed by atoms with Crippen LogP contribution in [0.2, 0.25) is 0 Å². The zero-order chi connectivity index (χ0) is 20.4. The number of piperidine rings is 1. The number of nitrogens with zero attached hydrogens (tertiary/aromatic N) is 6. The smallest absolute Gasteiger partial charge is 0.257 e. The minimum atomic E-state index is 0.0585. The summed E-state index contributed by atoms with van der Waals surface area (Å²) in [5, 5.41) is 4.43. The Morgan fingerprint density at radius 2 is 2.03 bits per heavy atom. The maximum absolute atomic E-state index is 13.2. The van der Waals surface area contributed by atoms with Crippen LogP contribution >= 0.6 is 0 Å². The van der Waals surface area contributed by atoms with Gasteiger partial charge in [0.25, 0.3) is 5.91 Å². The van der Waals surface area contributed by atoms with E-state index in [1.807, 2.05) is 54.9 Å². The molecule has 3 aromatic rings. The van der Waals surface area contributed by atoms with Crippen molar-refractivity contribution in [3.8, 4) is 11.1 Å². The van der Waals surface area contributed by atoms with E-state index >= 15 is 0 Å². The van der Waals surface area contributed by atoms with Crippen LogP contribution in [0.3, 0.4) is 0 Å². The van der Waals surface area contributed by atoms with E-state index < -0.39 is 0 Å². The first-order chi connectivity index (χ1) is 14.1. The van der Waals surface area contributed by atoms with Gasteiger partial charge in [0.15, 0.2) is 0 Å². The molecular weight excluding hydrogens is 364 g/mol. The second-order valence-electron chi connectivity index (χ2n) is 7.53. The van der Waals surface area contributed by atoms with Gasteiger partial charge in [-0.25, -0.2) is 9.97 Å². The van der Waals surface area contributed by atoms with Crippen molar-refractivity contribution in [2.24, 2.45) is 0 Å². The Labute approximate surface area is 170 Å². The Morgan fingerprint density at radius 3 is 2.76 bits per heavy atom. The number of hydrogen-bond donors (Lipinski definition) is 0. The zero-order valence-electron chi connectivity index (χ0n) is 17.2. The van der Waals surface area contributed by atoms with Crippen molar-refractivity contribution in [3.05, 3.63) is 59.7 Å². The van der Waals surface area contributed by atoms with Crippen LogP contribution in [0.4, 0.5) is 0 Å². The minimum Gasteiger partial charge on any atom is -0.338 e. The van der Waals surface area contributed by atoms with Gasteiger partial charge in [0.05, 0.1) is 17.0 Å². The van der Waals surface area contributed by atoms with Gasteiger partial charge in [-0.2, -0.15) is 5.10 Å². The highest BCUT2D eigenvalue weighted by atomic mass is 16.2. The van der Waals surface area contributed by atoms with Gasteiger partial charge in [-0.15, -0.1) is 0 Å². The molecule has 0 N–H and O–H groups in total. The van der Waals surface area contributed by atoms with E-state index in [1.165, 1.54) is 0 Å². The topological polar surface area (TPSA) is 76.8 Å². The second kappa shape index (κ2) is 8.11. The van der Waals surface area contributed by atoms with Crippen molar-refractivity contribution in [1.29, 1.82) is 0 Å². The van der Waals surface area contributed by atoms with Crippen LogP contribution in [0.1, 0.15) is 53.3 Å². The van der Waals surface area contributed by atoms with Crippen molar-refractivity contribution in [1.82, 2.24) is 29.6 Å². The van der Waals surface area contributed by atoms with E-state index in [4.69, 9.17) is 4.98 Å². The molecule has 1 fully saturated rings. The number of hydrogen-bond acceptors (Lipinski definition) is 5. The molecule has 0 saturated carbocycles. The van der Waals surface area contributed by atoms with Gasteiger partial charge in [-0.1, -0.05) is 0 Å². The fourth-order valence-corrected chi connectivity index (χ4v) is 4.00. The Hall–Kier alpha value is -3.09. The molecule has 1 saturated heterocycles. The van der Waals surface area contributed by atoms with Gasteiger partial charge in [-0.05, 0) is 51.3 Å². The summed E-state index contributed by atoms with van der Waals surface area (Å²) in [7, 11) is 0. The molecule has 4 rings (SSSR count). The van der Waals surface area contributed by atoms with Gasteiger partial charge >= 0.3 is 0 Å². The quantitative estimate of drug-likeness (QED) is 0.682. The predicted molar refractivity (Wildman–Crippen MR) is 111 cm³/mol. The monoisotopic (exact) mass is 390 g/mol. The van der Waals surface area contributed by atoms with Crippen LogP contribution in [0, 0.1) is 13.8 Å². The van der Waals surface area contributed by atoms with Crippen molar-refractivity contribution in [3.63, 3.8) is 0 Å². The average Bonchev–Trinajstić information content (AvgIpc) is 3.14. The summed E-state index contributed by atoms with van der Waals surface area (Å²) in [4.78, 5) is 28.4. The first kappa shape index (κ1) is 19.2. The third kappa shape index (κ3) is 3.90. The summed E-state index contributed by atoms with van der Waals surface area (Å²) in [6.45, 7) is 8.01. The molecule has 7 heteroatoms. The third-order valence-electron chi connectivity index (χ3n) is 5.53. The van der Waals surface area contributed by atoms with Gasteiger partial charge in [0.2, 0.25) is 0 Å². The van der Waals surface area contributed by atoms with Crippen molar-refractivity contribution < 1.29 is 4.79 Å². The van der Waals surface area contributed by atoms with E-state index in [0.29, 0.717) is 12.1 Å². The molecule has 0 aliphatic carbocycles. The average molecular weight is 390 g/mol. The molecule has 4 heterocycles. The molecule has 7 nitrogen and oxygen atoms in total. The molecule has 1 atom stereocenters. The predicted octanol–water partition coefficient (Wildman–Crippen LogP) is 3.39. The lowest BCUT2D eigenvalue weighted by molar-refractivity contribution is 0.0705. The van der Waals surface area contributed by atoms with Crippen LogP contribution in [0.5, 0.6) is 0 Å². The first-order valence-electron chi connectivity index (χ1n) is 10.1. The lowest BCUT2D eigenvalue weighted by Gasteiger charge is -2.33. The van der Waals surface area contributed by atoms with E-state index in [1.54, 1.807) is 12.4 Å². The maximum Gasteiger partial charge on any atom is 0.257 e. The fourth-order valence-electron chi connectivity index (χ4n) is 4.00. The molecule has 150 valence electrons. The van der Waals surface area contributed by atoms with Crippen LogP contribution in [0.15, 0.2) is 36.9 Å². The summed E-state index contributed by atoms with van der Waals surface area (Å²) in [6.07, 6.45) is 9.27. The highest BCUT2D eigenvalue weighted by Crippen LogP contribution is 2.33. The number of aromatic nitrogens is 5. The third-order valence-corrected chi connectivity index (χ3v) is 5.53. The number of likely N-dealkylation sites (tertiary alicyclic amines) is 1. The van der Waals surface area contributed by atoms with Gasteiger partial charge in [0.1, 0.15) is 5.82 Å². The molecule has 1 aliphatic heterocycles. The molecule has 1 unspecified atom stereocenters. The van der Waals surface area contributed by atoms with Gasteiger partial charge in [0, 0.05) is 55.9 Å². The largest absolute Gasteiger partial charge is 0.338 e. The molecule has 0 aromatic carbocycles. The summed E-state index contributed by atoms with van der Waals surface area (Å²) in [5.74, 6) is 0.989. The first-order valence-corrected chi connectivity index (χ1v) is 10.1.